The van der Waals surface area contributed by atoms with Crippen LogP contribution in [-0.2, 0) is 21.2 Å². The fourth-order valence-electron chi connectivity index (χ4n) is 3.15. The summed E-state index contributed by atoms with van der Waals surface area (Å²) in [6, 6.07) is 12.0. The number of fused-ring (bicyclic) bond motifs is 1. The zero-order valence-electron chi connectivity index (χ0n) is 16.4. The molecular formula is C20H24N2O5S. The minimum atomic E-state index is -3.51. The number of sulfonamides is 1. The molecule has 150 valence electrons. The lowest BCUT2D eigenvalue weighted by Crippen LogP contribution is -2.39. The van der Waals surface area contributed by atoms with Gasteiger partial charge < -0.3 is 14.4 Å². The summed E-state index contributed by atoms with van der Waals surface area (Å²) in [6.07, 6.45) is -0.119. The summed E-state index contributed by atoms with van der Waals surface area (Å²) >= 11 is 0. The minimum absolute atomic E-state index is 0.187. The van der Waals surface area contributed by atoms with E-state index in [-0.39, 0.29) is 10.8 Å². The van der Waals surface area contributed by atoms with Gasteiger partial charge >= 0.3 is 0 Å². The van der Waals surface area contributed by atoms with Gasteiger partial charge in [-0.25, -0.2) is 12.7 Å². The van der Waals surface area contributed by atoms with E-state index in [0.29, 0.717) is 24.5 Å². The van der Waals surface area contributed by atoms with E-state index in [1.54, 1.807) is 43.2 Å². The lowest BCUT2D eigenvalue weighted by molar-refractivity contribution is -0.124. The first-order chi connectivity index (χ1) is 13.3. The quantitative estimate of drug-likeness (QED) is 0.738. The van der Waals surface area contributed by atoms with Crippen molar-refractivity contribution in [1.29, 1.82) is 0 Å². The van der Waals surface area contributed by atoms with Gasteiger partial charge in [0.1, 0.15) is 0 Å². The number of carbonyl (C=O) groups is 1. The van der Waals surface area contributed by atoms with Crippen LogP contribution in [-0.4, -0.2) is 52.5 Å². The Morgan fingerprint density at radius 1 is 1.14 bits per heavy atom. The maximum Gasteiger partial charge on any atom is 0.267 e. The van der Waals surface area contributed by atoms with Crippen molar-refractivity contribution in [1.82, 2.24) is 4.31 Å². The Morgan fingerprint density at radius 3 is 2.46 bits per heavy atom. The number of anilines is 1. The Bertz CT molecular complexity index is 988. The summed E-state index contributed by atoms with van der Waals surface area (Å²) in [4.78, 5) is 14.8. The molecule has 1 atom stereocenters. The van der Waals surface area contributed by atoms with Crippen LogP contribution >= 0.6 is 0 Å². The predicted octanol–water partition coefficient (Wildman–Crippen LogP) is 2.30. The van der Waals surface area contributed by atoms with Crippen LogP contribution < -0.4 is 14.4 Å². The molecule has 1 heterocycles. The predicted molar refractivity (Wildman–Crippen MR) is 106 cm³/mol. The summed E-state index contributed by atoms with van der Waals surface area (Å²) in [7, 11) is 1.03. The van der Waals surface area contributed by atoms with E-state index in [1.165, 1.54) is 24.5 Å². The fraction of sp³-hybridized carbons (Fsp3) is 0.350. The molecule has 28 heavy (non-hydrogen) atoms. The second-order valence-electron chi connectivity index (χ2n) is 6.73. The van der Waals surface area contributed by atoms with Gasteiger partial charge in [-0.05, 0) is 49.2 Å². The van der Waals surface area contributed by atoms with E-state index >= 15 is 0 Å². The number of benzene rings is 2. The lowest BCUT2D eigenvalue weighted by atomic mass is 10.2. The van der Waals surface area contributed by atoms with E-state index in [4.69, 9.17) is 9.47 Å². The smallest absolute Gasteiger partial charge is 0.267 e. The molecule has 1 aliphatic rings. The summed E-state index contributed by atoms with van der Waals surface area (Å²) in [5.41, 5.74) is 1.55. The minimum Gasteiger partial charge on any atom is -0.493 e. The van der Waals surface area contributed by atoms with Crippen LogP contribution in [0, 0.1) is 0 Å². The number of amides is 1. The van der Waals surface area contributed by atoms with Gasteiger partial charge in [-0.2, -0.15) is 0 Å². The van der Waals surface area contributed by atoms with Crippen molar-refractivity contribution in [3.63, 3.8) is 0 Å². The van der Waals surface area contributed by atoms with Gasteiger partial charge in [0, 0.05) is 26.3 Å². The average molecular weight is 404 g/mol. The van der Waals surface area contributed by atoms with Crippen LogP contribution in [0.15, 0.2) is 47.4 Å². The molecule has 0 bridgehead atoms. The first-order valence-electron chi connectivity index (χ1n) is 8.92. The maximum absolute atomic E-state index is 12.9. The normalized spacial score (nSPS) is 14.7. The average Bonchev–Trinajstić information content (AvgIpc) is 3.10. The topological polar surface area (TPSA) is 76.1 Å². The highest BCUT2D eigenvalue weighted by molar-refractivity contribution is 7.89. The Morgan fingerprint density at radius 2 is 1.82 bits per heavy atom. The Labute approximate surface area is 165 Å². The monoisotopic (exact) mass is 404 g/mol. The van der Waals surface area contributed by atoms with Crippen LogP contribution in [0.1, 0.15) is 12.5 Å². The molecule has 0 fully saturated rings. The van der Waals surface area contributed by atoms with Crippen LogP contribution in [0.25, 0.3) is 0 Å². The molecule has 0 saturated heterocycles. The summed E-state index contributed by atoms with van der Waals surface area (Å²) < 4.78 is 36.9. The van der Waals surface area contributed by atoms with E-state index in [0.717, 1.165) is 11.3 Å². The highest BCUT2D eigenvalue weighted by Gasteiger charge is 2.31. The second kappa shape index (κ2) is 7.81. The first kappa shape index (κ1) is 20.2. The lowest BCUT2D eigenvalue weighted by Gasteiger charge is -2.23. The molecule has 0 unspecified atom stereocenters. The third-order valence-electron chi connectivity index (χ3n) is 4.71. The molecule has 0 aromatic heterocycles. The van der Waals surface area contributed by atoms with E-state index < -0.39 is 16.1 Å². The number of hydrogen-bond acceptors (Lipinski definition) is 5. The zero-order chi connectivity index (χ0) is 20.5. The van der Waals surface area contributed by atoms with Crippen molar-refractivity contribution in [2.45, 2.75) is 24.3 Å². The van der Waals surface area contributed by atoms with Gasteiger partial charge in [-0.3, -0.25) is 4.79 Å². The maximum atomic E-state index is 12.9. The van der Waals surface area contributed by atoms with E-state index in [1.807, 2.05) is 12.1 Å². The molecule has 0 radical (unpaired) electrons. The number of hydrogen-bond donors (Lipinski definition) is 0. The van der Waals surface area contributed by atoms with Crippen molar-refractivity contribution in [2.24, 2.45) is 0 Å². The van der Waals surface area contributed by atoms with Crippen molar-refractivity contribution in [3.05, 3.63) is 48.0 Å². The first-order valence-corrected chi connectivity index (χ1v) is 10.4. The molecule has 0 saturated carbocycles. The van der Waals surface area contributed by atoms with Gasteiger partial charge in [0.2, 0.25) is 10.0 Å². The third-order valence-corrected chi connectivity index (χ3v) is 6.52. The van der Waals surface area contributed by atoms with Crippen molar-refractivity contribution >= 4 is 21.6 Å². The molecule has 2 aromatic rings. The molecule has 0 spiro atoms. The van der Waals surface area contributed by atoms with Crippen molar-refractivity contribution in [3.8, 4) is 11.5 Å². The molecule has 1 aliphatic heterocycles. The summed E-state index contributed by atoms with van der Waals surface area (Å²) in [5.74, 6) is 0.869. The SMILES string of the molecule is COc1ccccc1O[C@H](C)C(=O)N1CCc2cc(S(=O)(=O)N(C)C)ccc21. The van der Waals surface area contributed by atoms with E-state index in [2.05, 4.69) is 0 Å². The number of carbonyl (C=O) groups excluding carboxylic acids is 1. The highest BCUT2D eigenvalue weighted by atomic mass is 32.2. The van der Waals surface area contributed by atoms with Gasteiger partial charge in [0.05, 0.1) is 12.0 Å². The number of nitrogens with zero attached hydrogens (tertiary/aromatic N) is 2. The van der Waals surface area contributed by atoms with Crippen molar-refractivity contribution < 1.29 is 22.7 Å². The molecule has 7 nitrogen and oxygen atoms in total. The Kier molecular flexibility index (Phi) is 5.62. The van der Waals surface area contributed by atoms with Gasteiger partial charge in [-0.15, -0.1) is 0 Å². The molecule has 3 rings (SSSR count). The molecular weight excluding hydrogens is 380 g/mol. The third kappa shape index (κ3) is 3.70. The van der Waals surface area contributed by atoms with Crippen LogP contribution in [0.4, 0.5) is 5.69 Å². The van der Waals surface area contributed by atoms with E-state index in [9.17, 15) is 13.2 Å². The van der Waals surface area contributed by atoms with Crippen LogP contribution in [0.5, 0.6) is 11.5 Å². The van der Waals surface area contributed by atoms with Gasteiger partial charge in [0.25, 0.3) is 5.91 Å². The molecule has 0 aliphatic carbocycles. The van der Waals surface area contributed by atoms with Gasteiger partial charge in [0.15, 0.2) is 17.6 Å². The standard InChI is InChI=1S/C20H24N2O5S/c1-14(27-19-8-6-5-7-18(19)26-4)20(23)22-12-11-15-13-16(9-10-17(15)22)28(24,25)21(2)3/h5-10,13-14H,11-12H2,1-4H3/t14-/m1/s1. The number of methoxy groups -OCH3 is 1. The molecule has 0 N–H and O–H groups in total. The summed E-state index contributed by atoms with van der Waals surface area (Å²) in [5, 5.41) is 0. The largest absolute Gasteiger partial charge is 0.493 e. The van der Waals surface area contributed by atoms with Crippen molar-refractivity contribution in [2.75, 3.05) is 32.6 Å². The Hall–Kier alpha value is -2.58. The second-order valence-corrected chi connectivity index (χ2v) is 8.88. The van der Waals surface area contributed by atoms with Crippen LogP contribution in [0.3, 0.4) is 0 Å². The number of rotatable bonds is 6. The fourth-order valence-corrected chi connectivity index (χ4v) is 4.11. The zero-order valence-corrected chi connectivity index (χ0v) is 17.2. The highest BCUT2D eigenvalue weighted by Crippen LogP contribution is 2.32. The van der Waals surface area contributed by atoms with Gasteiger partial charge in [-0.1, -0.05) is 12.1 Å². The number of para-hydroxylation sites is 2. The molecule has 8 heteroatoms. The van der Waals surface area contributed by atoms with Crippen LogP contribution in [0.2, 0.25) is 0 Å². The molecule has 1 amide bonds. The summed E-state index contributed by atoms with van der Waals surface area (Å²) in [6.45, 7) is 2.18. The molecule has 2 aromatic carbocycles. The Balaban J connectivity index is 1.80. The number of ether oxygens (including phenoxy) is 2.